The molecule has 2 heterocycles. The van der Waals surface area contributed by atoms with Crippen molar-refractivity contribution in [3.8, 4) is 22.3 Å². The van der Waals surface area contributed by atoms with Crippen LogP contribution in [0.25, 0.3) is 76.8 Å². The number of nitrogens with one attached hydrogen (secondary N) is 1. The average Bonchev–Trinajstić information content (AvgIpc) is 3.50. The minimum absolute atomic E-state index is 0.923. The summed E-state index contributed by atoms with van der Waals surface area (Å²) in [6.45, 7) is 0. The third-order valence-corrected chi connectivity index (χ3v) is 7.40. The maximum atomic E-state index is 6.70. The summed E-state index contributed by atoms with van der Waals surface area (Å²) in [7, 11) is 0. The van der Waals surface area contributed by atoms with Crippen molar-refractivity contribution < 1.29 is 4.42 Å². The average molecular weight is 460 g/mol. The molecule has 8 aromatic rings. The molecule has 168 valence electrons. The molecule has 1 N–H and O–H groups in total. The number of rotatable bonds is 2. The maximum Gasteiger partial charge on any atom is 0.143 e. The van der Waals surface area contributed by atoms with Crippen molar-refractivity contribution in [2.75, 3.05) is 0 Å². The summed E-state index contributed by atoms with van der Waals surface area (Å²) in [5, 5.41) is 7.25. The van der Waals surface area contributed by atoms with Crippen molar-refractivity contribution in [2.45, 2.75) is 0 Å². The number of fused-ring (bicyclic) bond motifs is 7. The Morgan fingerprint density at radius 1 is 0.444 bits per heavy atom. The van der Waals surface area contributed by atoms with Gasteiger partial charge in [-0.3, -0.25) is 0 Å². The normalized spacial score (nSPS) is 11.9. The van der Waals surface area contributed by atoms with Gasteiger partial charge in [0.25, 0.3) is 0 Å². The van der Waals surface area contributed by atoms with Gasteiger partial charge in [0.15, 0.2) is 0 Å². The van der Waals surface area contributed by atoms with E-state index in [0.29, 0.717) is 0 Å². The van der Waals surface area contributed by atoms with Crippen molar-refractivity contribution in [1.82, 2.24) is 4.98 Å². The lowest BCUT2D eigenvalue weighted by molar-refractivity contribution is 0.671. The van der Waals surface area contributed by atoms with Crippen molar-refractivity contribution in [3.05, 3.63) is 121 Å². The zero-order valence-corrected chi connectivity index (χ0v) is 19.5. The highest BCUT2D eigenvalue weighted by molar-refractivity contribution is 6.18. The van der Waals surface area contributed by atoms with E-state index in [1.54, 1.807) is 0 Å². The van der Waals surface area contributed by atoms with Gasteiger partial charge in [-0.25, -0.2) is 0 Å². The largest absolute Gasteiger partial charge is 0.455 e. The molecule has 8 rings (SSSR count). The van der Waals surface area contributed by atoms with Crippen LogP contribution in [-0.4, -0.2) is 4.98 Å². The van der Waals surface area contributed by atoms with Gasteiger partial charge in [0.1, 0.15) is 11.2 Å². The fourth-order valence-corrected chi connectivity index (χ4v) is 5.71. The highest BCUT2D eigenvalue weighted by Gasteiger charge is 2.18. The summed E-state index contributed by atoms with van der Waals surface area (Å²) >= 11 is 0. The molecule has 2 aromatic heterocycles. The van der Waals surface area contributed by atoms with Crippen molar-refractivity contribution in [1.29, 1.82) is 0 Å². The smallest absolute Gasteiger partial charge is 0.143 e. The van der Waals surface area contributed by atoms with E-state index >= 15 is 0 Å². The van der Waals surface area contributed by atoms with Crippen LogP contribution in [0.2, 0.25) is 0 Å². The van der Waals surface area contributed by atoms with Crippen LogP contribution in [0.4, 0.5) is 0 Å². The number of para-hydroxylation sites is 3. The molecule has 0 atom stereocenters. The predicted molar refractivity (Wildman–Crippen MR) is 151 cm³/mol. The van der Waals surface area contributed by atoms with Crippen molar-refractivity contribution in [3.63, 3.8) is 0 Å². The summed E-state index contributed by atoms with van der Waals surface area (Å²) in [4.78, 5) is 3.73. The Bertz CT molecular complexity index is 2090. The highest BCUT2D eigenvalue weighted by Crippen LogP contribution is 2.42. The van der Waals surface area contributed by atoms with Crippen molar-refractivity contribution in [2.24, 2.45) is 0 Å². The molecule has 0 bridgehead atoms. The quantitative estimate of drug-likeness (QED) is 0.274. The summed E-state index contributed by atoms with van der Waals surface area (Å²) in [5.41, 5.74) is 8.68. The molecule has 0 amide bonds. The molecule has 6 aromatic carbocycles. The van der Waals surface area contributed by atoms with Gasteiger partial charge in [-0.1, -0.05) is 109 Å². The number of hydrogen-bond acceptors (Lipinski definition) is 1. The SMILES string of the molecule is c1ccc(-c2cccc3c2oc2c(-c4cccc5c4[nH]c4cc6ccccc6cc45)cccc23)cc1. The monoisotopic (exact) mass is 459 g/mol. The number of furan rings is 1. The molecule has 36 heavy (non-hydrogen) atoms. The fourth-order valence-electron chi connectivity index (χ4n) is 5.71. The third-order valence-electron chi connectivity index (χ3n) is 7.40. The van der Waals surface area contributed by atoms with E-state index in [2.05, 4.69) is 120 Å². The molecule has 2 nitrogen and oxygen atoms in total. The third kappa shape index (κ3) is 2.73. The van der Waals surface area contributed by atoms with Gasteiger partial charge >= 0.3 is 0 Å². The lowest BCUT2D eigenvalue weighted by Gasteiger charge is -2.05. The first-order chi connectivity index (χ1) is 17.8. The van der Waals surface area contributed by atoms with E-state index < -0.39 is 0 Å². The molecule has 2 heteroatoms. The first-order valence-corrected chi connectivity index (χ1v) is 12.3. The molecule has 0 saturated heterocycles. The lowest BCUT2D eigenvalue weighted by atomic mass is 9.98. The predicted octanol–water partition coefficient (Wildman–Crippen LogP) is 9.71. The van der Waals surface area contributed by atoms with Crippen LogP contribution < -0.4 is 0 Å². The fraction of sp³-hybridized carbons (Fsp3) is 0. The summed E-state index contributed by atoms with van der Waals surface area (Å²) in [6, 6.07) is 43.0. The zero-order valence-electron chi connectivity index (χ0n) is 19.5. The van der Waals surface area contributed by atoms with Gasteiger partial charge in [0, 0.05) is 43.8 Å². The van der Waals surface area contributed by atoms with Gasteiger partial charge in [0.2, 0.25) is 0 Å². The molecule has 0 unspecified atom stereocenters. The Morgan fingerprint density at radius 2 is 1.06 bits per heavy atom. The molecule has 0 spiro atoms. The Labute approximate surface area is 207 Å². The second kappa shape index (κ2) is 7.34. The molecule has 0 fully saturated rings. The topological polar surface area (TPSA) is 28.9 Å². The van der Waals surface area contributed by atoms with Crippen LogP contribution in [0, 0.1) is 0 Å². The van der Waals surface area contributed by atoms with Crippen LogP contribution in [0.15, 0.2) is 126 Å². The Balaban J connectivity index is 1.43. The van der Waals surface area contributed by atoms with E-state index in [1.807, 2.05) is 6.07 Å². The zero-order chi connectivity index (χ0) is 23.6. The van der Waals surface area contributed by atoms with E-state index in [4.69, 9.17) is 4.42 Å². The van der Waals surface area contributed by atoms with E-state index in [9.17, 15) is 0 Å². The van der Waals surface area contributed by atoms with Crippen molar-refractivity contribution >= 4 is 54.5 Å². The van der Waals surface area contributed by atoms with Crippen LogP contribution in [0.3, 0.4) is 0 Å². The summed E-state index contributed by atoms with van der Waals surface area (Å²) < 4.78 is 6.70. The van der Waals surface area contributed by atoms with Gasteiger partial charge in [-0.2, -0.15) is 0 Å². The highest BCUT2D eigenvalue weighted by atomic mass is 16.3. The van der Waals surface area contributed by atoms with E-state index in [1.165, 1.54) is 21.5 Å². The standard InChI is InChI=1S/C34H21NO/c1-2-9-21(10-3-1)24-13-6-17-28-29-18-8-16-27(34(29)36-33(24)28)25-14-7-15-26-30-19-22-11-4-5-12-23(22)20-31(30)35-32(25)26/h1-20,35H. The summed E-state index contributed by atoms with van der Waals surface area (Å²) in [5.74, 6) is 0. The molecular weight excluding hydrogens is 438 g/mol. The lowest BCUT2D eigenvalue weighted by Crippen LogP contribution is -1.81. The Hall–Kier alpha value is -4.82. The van der Waals surface area contributed by atoms with E-state index in [0.717, 1.165) is 55.2 Å². The molecular formula is C34H21NO. The van der Waals surface area contributed by atoms with Gasteiger partial charge in [0.05, 0.1) is 5.52 Å². The molecule has 0 aliphatic heterocycles. The second-order valence-corrected chi connectivity index (χ2v) is 9.43. The summed E-state index contributed by atoms with van der Waals surface area (Å²) in [6.07, 6.45) is 0. The minimum atomic E-state index is 0.923. The number of H-pyrrole nitrogens is 1. The first-order valence-electron chi connectivity index (χ1n) is 12.3. The number of aromatic nitrogens is 1. The number of benzene rings is 6. The number of hydrogen-bond donors (Lipinski definition) is 1. The van der Waals surface area contributed by atoms with Gasteiger partial charge in [-0.05, 0) is 28.5 Å². The Kier molecular flexibility index (Phi) is 3.97. The van der Waals surface area contributed by atoms with E-state index in [-0.39, 0.29) is 0 Å². The minimum Gasteiger partial charge on any atom is -0.455 e. The first kappa shape index (κ1) is 19.5. The molecule has 0 aliphatic carbocycles. The Morgan fingerprint density at radius 3 is 1.83 bits per heavy atom. The van der Waals surface area contributed by atoms with Gasteiger partial charge in [-0.15, -0.1) is 0 Å². The molecule has 0 saturated carbocycles. The van der Waals surface area contributed by atoms with Gasteiger partial charge < -0.3 is 9.40 Å². The van der Waals surface area contributed by atoms with Crippen LogP contribution in [0.5, 0.6) is 0 Å². The molecule has 0 radical (unpaired) electrons. The van der Waals surface area contributed by atoms with Crippen LogP contribution in [-0.2, 0) is 0 Å². The number of aromatic amines is 1. The molecule has 0 aliphatic rings. The van der Waals surface area contributed by atoms with Crippen LogP contribution in [0.1, 0.15) is 0 Å². The van der Waals surface area contributed by atoms with Crippen LogP contribution >= 0.6 is 0 Å². The maximum absolute atomic E-state index is 6.70. The second-order valence-electron chi connectivity index (χ2n) is 9.43.